The molecule has 0 heterocycles. The molecule has 1 atom stereocenters. The van der Waals surface area contributed by atoms with Gasteiger partial charge in [-0.3, -0.25) is 9.59 Å². The quantitative estimate of drug-likeness (QED) is 0.418. The molecule has 0 spiro atoms. The van der Waals surface area contributed by atoms with Crippen LogP contribution in [-0.4, -0.2) is 36.6 Å². The molecule has 0 aromatic heterocycles. The molecule has 0 radical (unpaired) electrons. The van der Waals surface area contributed by atoms with Crippen molar-refractivity contribution in [1.82, 2.24) is 10.6 Å². The van der Waals surface area contributed by atoms with Gasteiger partial charge in [-0.15, -0.1) is 0 Å². The molecule has 64 valence electrons. The third kappa shape index (κ3) is 4.32. The van der Waals surface area contributed by atoms with Crippen LogP contribution in [0.25, 0.3) is 0 Å². The number of carbonyl (C=O) groups is 2. The lowest BCUT2D eigenvalue weighted by Gasteiger charge is -2.04. The summed E-state index contributed by atoms with van der Waals surface area (Å²) in [6.07, 6.45) is -0.636. The van der Waals surface area contributed by atoms with Gasteiger partial charge in [0, 0.05) is 13.6 Å². The Hall–Kier alpha value is -1.10. The van der Waals surface area contributed by atoms with Crippen molar-refractivity contribution in [2.75, 3.05) is 13.6 Å². The first-order valence-electron chi connectivity index (χ1n) is 3.26. The number of hydrogen-bond donors (Lipinski definition) is 3. The topological polar surface area (TPSA) is 78.4 Å². The lowest BCUT2D eigenvalue weighted by Crippen LogP contribution is -2.40. The molecule has 5 heteroatoms. The van der Waals surface area contributed by atoms with E-state index in [0.29, 0.717) is 0 Å². The molecule has 0 aromatic rings. The molecule has 0 aliphatic carbocycles. The van der Waals surface area contributed by atoms with Gasteiger partial charge in [0.15, 0.2) is 0 Å². The molecular formula is C6H12N2O3. The molecule has 0 saturated carbocycles. The average Bonchev–Trinajstić information content (AvgIpc) is 1.98. The van der Waals surface area contributed by atoms with Crippen molar-refractivity contribution in [3.8, 4) is 0 Å². The largest absolute Gasteiger partial charge is 0.392 e. The van der Waals surface area contributed by atoms with Crippen LogP contribution in [0.2, 0.25) is 0 Å². The lowest BCUT2D eigenvalue weighted by molar-refractivity contribution is -0.139. The summed E-state index contributed by atoms with van der Waals surface area (Å²) in [4.78, 5) is 21.2. The Morgan fingerprint density at radius 1 is 1.45 bits per heavy atom. The van der Waals surface area contributed by atoms with Gasteiger partial charge < -0.3 is 15.7 Å². The molecule has 11 heavy (non-hydrogen) atoms. The number of amides is 2. The molecule has 0 aliphatic rings. The van der Waals surface area contributed by atoms with Gasteiger partial charge in [0.25, 0.3) is 0 Å². The maximum Gasteiger partial charge on any atom is 0.309 e. The first kappa shape index (κ1) is 9.90. The van der Waals surface area contributed by atoms with E-state index in [1.165, 1.54) is 14.0 Å². The summed E-state index contributed by atoms with van der Waals surface area (Å²) in [7, 11) is 1.37. The van der Waals surface area contributed by atoms with E-state index >= 15 is 0 Å². The standard InChI is InChI=1S/C6H12N2O3/c1-4(9)3-8-6(11)5(10)7-2/h4,9H,3H2,1-2H3,(H,7,10)(H,8,11)/t4-/m1/s1. The second kappa shape index (κ2) is 4.68. The van der Waals surface area contributed by atoms with Gasteiger partial charge in [-0.05, 0) is 6.92 Å². The smallest absolute Gasteiger partial charge is 0.309 e. The normalized spacial score (nSPS) is 11.9. The highest BCUT2D eigenvalue weighted by molar-refractivity contribution is 6.34. The number of carbonyl (C=O) groups excluding carboxylic acids is 2. The van der Waals surface area contributed by atoms with Crippen LogP contribution in [-0.2, 0) is 9.59 Å². The van der Waals surface area contributed by atoms with Crippen molar-refractivity contribution in [2.45, 2.75) is 13.0 Å². The van der Waals surface area contributed by atoms with Gasteiger partial charge in [-0.1, -0.05) is 0 Å². The van der Waals surface area contributed by atoms with Crippen molar-refractivity contribution in [1.29, 1.82) is 0 Å². The van der Waals surface area contributed by atoms with Crippen LogP contribution in [0.5, 0.6) is 0 Å². The lowest BCUT2D eigenvalue weighted by atomic mass is 10.4. The summed E-state index contributed by atoms with van der Waals surface area (Å²) < 4.78 is 0. The molecule has 0 aromatic carbocycles. The minimum absolute atomic E-state index is 0.0895. The minimum Gasteiger partial charge on any atom is -0.392 e. The number of rotatable bonds is 2. The van der Waals surface area contributed by atoms with Crippen LogP contribution in [0, 0.1) is 0 Å². The summed E-state index contributed by atoms with van der Waals surface area (Å²) in [5.41, 5.74) is 0. The molecule has 0 unspecified atom stereocenters. The van der Waals surface area contributed by atoms with Crippen molar-refractivity contribution < 1.29 is 14.7 Å². The molecule has 0 rings (SSSR count). The second-order valence-corrected chi connectivity index (χ2v) is 2.14. The van der Waals surface area contributed by atoms with E-state index in [4.69, 9.17) is 5.11 Å². The summed E-state index contributed by atoms with van der Waals surface area (Å²) in [5.74, 6) is -1.43. The third-order valence-corrected chi connectivity index (χ3v) is 0.991. The van der Waals surface area contributed by atoms with Gasteiger partial charge in [0.2, 0.25) is 0 Å². The zero-order chi connectivity index (χ0) is 8.85. The van der Waals surface area contributed by atoms with E-state index < -0.39 is 17.9 Å². The average molecular weight is 160 g/mol. The maximum atomic E-state index is 10.6. The molecule has 0 aliphatic heterocycles. The van der Waals surface area contributed by atoms with Crippen LogP contribution in [0.4, 0.5) is 0 Å². The number of nitrogens with one attached hydrogen (secondary N) is 2. The van der Waals surface area contributed by atoms with Crippen molar-refractivity contribution in [3.05, 3.63) is 0 Å². The van der Waals surface area contributed by atoms with Gasteiger partial charge in [0.1, 0.15) is 0 Å². The van der Waals surface area contributed by atoms with Crippen LogP contribution < -0.4 is 10.6 Å². The fourth-order valence-electron chi connectivity index (χ4n) is 0.434. The van der Waals surface area contributed by atoms with Crippen molar-refractivity contribution >= 4 is 11.8 Å². The van der Waals surface area contributed by atoms with E-state index in [1.807, 2.05) is 0 Å². The molecule has 5 nitrogen and oxygen atoms in total. The number of likely N-dealkylation sites (N-methyl/N-ethyl adjacent to an activating group) is 1. The minimum atomic E-state index is -0.728. The van der Waals surface area contributed by atoms with Gasteiger partial charge in [0.05, 0.1) is 6.10 Å². The monoisotopic (exact) mass is 160 g/mol. The fourth-order valence-corrected chi connectivity index (χ4v) is 0.434. The van der Waals surface area contributed by atoms with Crippen molar-refractivity contribution in [2.24, 2.45) is 0 Å². The van der Waals surface area contributed by atoms with E-state index in [-0.39, 0.29) is 6.54 Å². The van der Waals surface area contributed by atoms with E-state index in [2.05, 4.69) is 10.6 Å². The molecule has 2 amide bonds. The Balaban J connectivity index is 3.61. The predicted molar refractivity (Wildman–Crippen MR) is 38.8 cm³/mol. The highest BCUT2D eigenvalue weighted by atomic mass is 16.3. The molecular weight excluding hydrogens is 148 g/mol. The SMILES string of the molecule is CNC(=O)C(=O)NC[C@@H](C)O. The summed E-state index contributed by atoms with van der Waals surface area (Å²) in [6, 6.07) is 0. The van der Waals surface area contributed by atoms with Crippen molar-refractivity contribution in [3.63, 3.8) is 0 Å². The van der Waals surface area contributed by atoms with E-state index in [9.17, 15) is 9.59 Å². The number of aliphatic hydroxyl groups excluding tert-OH is 1. The maximum absolute atomic E-state index is 10.6. The first-order chi connectivity index (χ1) is 5.07. The Morgan fingerprint density at radius 2 is 2.00 bits per heavy atom. The Kier molecular flexibility index (Phi) is 4.21. The Bertz CT molecular complexity index is 156. The summed E-state index contributed by atoms with van der Waals surface area (Å²) >= 11 is 0. The first-order valence-corrected chi connectivity index (χ1v) is 3.26. The second-order valence-electron chi connectivity index (χ2n) is 2.14. The van der Waals surface area contributed by atoms with Gasteiger partial charge in [-0.2, -0.15) is 0 Å². The highest BCUT2D eigenvalue weighted by Crippen LogP contribution is 1.74. The van der Waals surface area contributed by atoms with E-state index in [0.717, 1.165) is 0 Å². The predicted octanol–water partition coefficient (Wildman–Crippen LogP) is -1.77. The summed E-state index contributed by atoms with van der Waals surface area (Å²) in [6.45, 7) is 1.61. The number of hydrogen-bond acceptors (Lipinski definition) is 3. The number of aliphatic hydroxyl groups is 1. The van der Waals surface area contributed by atoms with Gasteiger partial charge >= 0.3 is 11.8 Å². The van der Waals surface area contributed by atoms with Gasteiger partial charge in [-0.25, -0.2) is 0 Å². The van der Waals surface area contributed by atoms with Crippen LogP contribution in [0.1, 0.15) is 6.92 Å². The fraction of sp³-hybridized carbons (Fsp3) is 0.667. The van der Waals surface area contributed by atoms with Crippen LogP contribution >= 0.6 is 0 Å². The Morgan fingerprint density at radius 3 is 2.36 bits per heavy atom. The van der Waals surface area contributed by atoms with E-state index in [1.54, 1.807) is 0 Å². The molecule has 0 saturated heterocycles. The Labute approximate surface area is 64.8 Å². The zero-order valence-corrected chi connectivity index (χ0v) is 6.55. The highest BCUT2D eigenvalue weighted by Gasteiger charge is 2.10. The molecule has 0 fully saturated rings. The van der Waals surface area contributed by atoms with Crippen LogP contribution in [0.3, 0.4) is 0 Å². The molecule has 3 N–H and O–H groups in total. The molecule has 0 bridgehead atoms. The summed E-state index contributed by atoms with van der Waals surface area (Å²) in [5, 5.41) is 13.1. The van der Waals surface area contributed by atoms with Crippen LogP contribution in [0.15, 0.2) is 0 Å². The third-order valence-electron chi connectivity index (χ3n) is 0.991. The zero-order valence-electron chi connectivity index (χ0n) is 6.55.